The van der Waals surface area contributed by atoms with Crippen molar-refractivity contribution in [2.75, 3.05) is 30.9 Å². The van der Waals surface area contributed by atoms with E-state index in [4.69, 9.17) is 11.6 Å². The number of nitrogens with one attached hydrogen (secondary N) is 2. The van der Waals surface area contributed by atoms with E-state index in [9.17, 15) is 8.42 Å². The molecule has 0 atom stereocenters. The first-order valence-corrected chi connectivity index (χ1v) is 6.86. The molecule has 0 radical (unpaired) electrons. The Morgan fingerprint density at radius 3 is 2.71 bits per heavy atom. The molecule has 1 aliphatic rings. The van der Waals surface area contributed by atoms with E-state index in [1.807, 2.05) is 0 Å². The summed E-state index contributed by atoms with van der Waals surface area (Å²) in [6.07, 6.45) is 1.21. The number of anilines is 1. The normalized spacial score (nSPS) is 17.9. The van der Waals surface area contributed by atoms with Gasteiger partial charge in [-0.15, -0.1) is 0 Å². The Bertz CT molecular complexity index is 488. The maximum Gasteiger partial charge on any atom is 0.302 e. The van der Waals surface area contributed by atoms with Gasteiger partial charge >= 0.3 is 10.2 Å². The molecule has 0 aromatic carbocycles. The van der Waals surface area contributed by atoms with Crippen LogP contribution in [-0.4, -0.2) is 48.9 Å². The predicted molar refractivity (Wildman–Crippen MR) is 64.0 cm³/mol. The van der Waals surface area contributed by atoms with Gasteiger partial charge in [0.15, 0.2) is 0 Å². The molecule has 9 heteroatoms. The summed E-state index contributed by atoms with van der Waals surface area (Å²) in [5.41, 5.74) is 0. The molecule has 2 heterocycles. The third kappa shape index (κ3) is 3.25. The van der Waals surface area contributed by atoms with Gasteiger partial charge in [0, 0.05) is 32.2 Å². The van der Waals surface area contributed by atoms with Gasteiger partial charge in [-0.1, -0.05) is 11.6 Å². The molecule has 1 saturated heterocycles. The Kier molecular flexibility index (Phi) is 3.77. The number of aromatic nitrogens is 2. The molecule has 1 fully saturated rings. The molecular weight excluding hydrogens is 266 g/mol. The summed E-state index contributed by atoms with van der Waals surface area (Å²) in [4.78, 5) is 7.47. The van der Waals surface area contributed by atoms with Crippen LogP contribution in [0, 0.1) is 0 Å². The molecule has 0 unspecified atom stereocenters. The van der Waals surface area contributed by atoms with Gasteiger partial charge in [-0.3, -0.25) is 4.72 Å². The molecule has 1 aromatic heterocycles. The highest BCUT2D eigenvalue weighted by Gasteiger charge is 2.23. The Morgan fingerprint density at radius 2 is 2.06 bits per heavy atom. The lowest BCUT2D eigenvalue weighted by Crippen LogP contribution is -2.48. The van der Waals surface area contributed by atoms with E-state index >= 15 is 0 Å². The summed E-state index contributed by atoms with van der Waals surface area (Å²) in [5.74, 6) is 0.170. The molecule has 2 N–H and O–H groups in total. The molecule has 17 heavy (non-hydrogen) atoms. The fraction of sp³-hybridized carbons (Fsp3) is 0.500. The van der Waals surface area contributed by atoms with Crippen LogP contribution in [0.2, 0.25) is 5.15 Å². The summed E-state index contributed by atoms with van der Waals surface area (Å²) in [5, 5.41) is 3.27. The van der Waals surface area contributed by atoms with Crippen molar-refractivity contribution >= 4 is 27.6 Å². The highest BCUT2D eigenvalue weighted by atomic mass is 35.5. The van der Waals surface area contributed by atoms with Gasteiger partial charge in [0.25, 0.3) is 0 Å². The van der Waals surface area contributed by atoms with Crippen molar-refractivity contribution < 1.29 is 8.42 Å². The van der Waals surface area contributed by atoms with Crippen molar-refractivity contribution in [2.45, 2.75) is 0 Å². The summed E-state index contributed by atoms with van der Waals surface area (Å²) < 4.78 is 27.6. The maximum atomic E-state index is 11.9. The van der Waals surface area contributed by atoms with Gasteiger partial charge in [0.1, 0.15) is 17.3 Å². The van der Waals surface area contributed by atoms with Crippen LogP contribution in [0.25, 0.3) is 0 Å². The zero-order valence-corrected chi connectivity index (χ0v) is 10.5. The van der Waals surface area contributed by atoms with E-state index in [2.05, 4.69) is 20.0 Å². The zero-order chi connectivity index (χ0) is 12.3. The van der Waals surface area contributed by atoms with Crippen molar-refractivity contribution in [1.29, 1.82) is 0 Å². The van der Waals surface area contributed by atoms with Crippen molar-refractivity contribution in [1.82, 2.24) is 19.6 Å². The average molecular weight is 278 g/mol. The smallest absolute Gasteiger partial charge is 0.302 e. The molecule has 7 nitrogen and oxygen atoms in total. The lowest BCUT2D eigenvalue weighted by molar-refractivity contribution is 0.362. The van der Waals surface area contributed by atoms with E-state index < -0.39 is 10.2 Å². The minimum absolute atomic E-state index is 0.170. The van der Waals surface area contributed by atoms with Crippen LogP contribution in [-0.2, 0) is 10.2 Å². The third-order valence-electron chi connectivity index (χ3n) is 2.28. The Hall–Kier alpha value is -0.960. The minimum Gasteiger partial charge on any atom is -0.314 e. The van der Waals surface area contributed by atoms with Gasteiger partial charge in [0.05, 0.1) is 0 Å². The van der Waals surface area contributed by atoms with Gasteiger partial charge in [-0.05, 0) is 0 Å². The molecular formula is C8H12ClN5O2S. The van der Waals surface area contributed by atoms with E-state index in [0.29, 0.717) is 26.2 Å². The van der Waals surface area contributed by atoms with Gasteiger partial charge < -0.3 is 5.32 Å². The second kappa shape index (κ2) is 5.13. The molecule has 1 aromatic rings. The van der Waals surface area contributed by atoms with Crippen LogP contribution >= 0.6 is 11.6 Å². The Balaban J connectivity index is 2.11. The number of nitrogens with zero attached hydrogens (tertiary/aromatic N) is 3. The number of piperazine rings is 1. The fourth-order valence-electron chi connectivity index (χ4n) is 1.47. The van der Waals surface area contributed by atoms with Crippen LogP contribution in [0.15, 0.2) is 12.4 Å². The lowest BCUT2D eigenvalue weighted by atomic mass is 10.4. The van der Waals surface area contributed by atoms with Crippen LogP contribution in [0.5, 0.6) is 0 Å². The molecule has 94 valence electrons. The van der Waals surface area contributed by atoms with Crippen LogP contribution < -0.4 is 10.0 Å². The van der Waals surface area contributed by atoms with E-state index in [-0.39, 0.29) is 11.0 Å². The fourth-order valence-corrected chi connectivity index (χ4v) is 2.79. The second-order valence-corrected chi connectivity index (χ2v) is 5.54. The van der Waals surface area contributed by atoms with E-state index in [0.717, 1.165) is 0 Å². The first kappa shape index (κ1) is 12.5. The summed E-state index contributed by atoms with van der Waals surface area (Å²) in [7, 11) is -3.56. The van der Waals surface area contributed by atoms with Crippen molar-refractivity contribution in [3.8, 4) is 0 Å². The quantitative estimate of drug-likeness (QED) is 0.740. The molecule has 0 bridgehead atoms. The van der Waals surface area contributed by atoms with Crippen LogP contribution in [0.1, 0.15) is 0 Å². The highest BCUT2D eigenvalue weighted by molar-refractivity contribution is 7.90. The van der Waals surface area contributed by atoms with Crippen LogP contribution in [0.4, 0.5) is 5.82 Å². The molecule has 0 aliphatic carbocycles. The predicted octanol–water partition coefficient (Wildman–Crippen LogP) is -0.308. The van der Waals surface area contributed by atoms with Crippen molar-refractivity contribution in [2.24, 2.45) is 0 Å². The molecule has 1 aliphatic heterocycles. The number of hydrogen-bond acceptors (Lipinski definition) is 5. The van der Waals surface area contributed by atoms with Crippen LogP contribution in [0.3, 0.4) is 0 Å². The summed E-state index contributed by atoms with van der Waals surface area (Å²) >= 11 is 5.65. The summed E-state index contributed by atoms with van der Waals surface area (Å²) in [6.45, 7) is 2.17. The Morgan fingerprint density at radius 1 is 1.35 bits per heavy atom. The number of halogens is 1. The highest BCUT2D eigenvalue weighted by Crippen LogP contribution is 2.12. The average Bonchev–Trinajstić information content (AvgIpc) is 2.29. The number of rotatable bonds is 3. The van der Waals surface area contributed by atoms with E-state index in [1.54, 1.807) is 0 Å². The topological polar surface area (TPSA) is 87.2 Å². The maximum absolute atomic E-state index is 11.9. The van der Waals surface area contributed by atoms with Gasteiger partial charge in [-0.25, -0.2) is 9.97 Å². The van der Waals surface area contributed by atoms with Crippen molar-refractivity contribution in [3.05, 3.63) is 17.5 Å². The van der Waals surface area contributed by atoms with Gasteiger partial charge in [0.2, 0.25) is 0 Å². The lowest BCUT2D eigenvalue weighted by Gasteiger charge is -2.26. The number of hydrogen-bond donors (Lipinski definition) is 2. The van der Waals surface area contributed by atoms with E-state index in [1.165, 1.54) is 16.7 Å². The zero-order valence-electron chi connectivity index (χ0n) is 8.93. The molecule has 0 spiro atoms. The Labute approximate surface area is 104 Å². The molecule has 2 rings (SSSR count). The molecule has 0 saturated carbocycles. The first-order valence-electron chi connectivity index (χ1n) is 5.04. The standard InChI is InChI=1S/C8H12ClN5O2S/c9-7-5-8(12-6-11-7)13-17(15,16)14-3-1-10-2-4-14/h5-6,10H,1-4H2,(H,11,12,13). The monoisotopic (exact) mass is 277 g/mol. The second-order valence-electron chi connectivity index (χ2n) is 3.48. The van der Waals surface area contributed by atoms with Crippen molar-refractivity contribution in [3.63, 3.8) is 0 Å². The third-order valence-corrected chi connectivity index (χ3v) is 4.00. The molecule has 0 amide bonds. The van der Waals surface area contributed by atoms with Gasteiger partial charge in [-0.2, -0.15) is 12.7 Å². The largest absolute Gasteiger partial charge is 0.314 e. The SMILES string of the molecule is O=S(=O)(Nc1cc(Cl)ncn1)N1CCNCC1. The first-order chi connectivity index (χ1) is 8.08. The summed E-state index contributed by atoms with van der Waals surface area (Å²) in [6, 6.07) is 1.36. The minimum atomic E-state index is -3.56.